The van der Waals surface area contributed by atoms with E-state index in [1.165, 1.54) is 16.5 Å². The van der Waals surface area contributed by atoms with Crippen LogP contribution in [-0.4, -0.2) is 37.0 Å². The summed E-state index contributed by atoms with van der Waals surface area (Å²) < 4.78 is 5.21. The molecule has 4 nitrogen and oxygen atoms in total. The van der Waals surface area contributed by atoms with Gasteiger partial charge in [0.25, 0.3) is 5.91 Å². The van der Waals surface area contributed by atoms with Gasteiger partial charge in [0.1, 0.15) is 0 Å². The van der Waals surface area contributed by atoms with Crippen LogP contribution in [-0.2, 0) is 0 Å². The maximum Gasteiger partial charge on any atom is 0.289 e. The lowest BCUT2D eigenvalue weighted by Gasteiger charge is -2.36. The Morgan fingerprint density at radius 3 is 2.43 bits per heavy atom. The fourth-order valence-electron chi connectivity index (χ4n) is 3.19. The predicted octanol–water partition coefficient (Wildman–Crippen LogP) is 3.40. The van der Waals surface area contributed by atoms with Gasteiger partial charge in [-0.05, 0) is 23.6 Å². The monoisotopic (exact) mass is 306 g/mol. The lowest BCUT2D eigenvalue weighted by molar-refractivity contribution is 0.0715. The molecule has 4 rings (SSSR count). The minimum absolute atomic E-state index is 0.0208. The van der Waals surface area contributed by atoms with Gasteiger partial charge in [0.05, 0.1) is 6.26 Å². The Bertz CT molecular complexity index is 813. The molecule has 1 aliphatic heterocycles. The van der Waals surface area contributed by atoms with E-state index in [9.17, 15) is 4.79 Å². The van der Waals surface area contributed by atoms with E-state index in [4.69, 9.17) is 4.42 Å². The van der Waals surface area contributed by atoms with Gasteiger partial charge in [0, 0.05) is 37.3 Å². The first kappa shape index (κ1) is 13.9. The van der Waals surface area contributed by atoms with Crippen LogP contribution < -0.4 is 4.90 Å². The van der Waals surface area contributed by atoms with Crippen molar-refractivity contribution in [1.29, 1.82) is 0 Å². The molecule has 0 bridgehead atoms. The van der Waals surface area contributed by atoms with E-state index in [0.29, 0.717) is 18.8 Å². The molecule has 2 aromatic carbocycles. The van der Waals surface area contributed by atoms with Crippen molar-refractivity contribution in [2.24, 2.45) is 0 Å². The first-order valence-corrected chi connectivity index (χ1v) is 7.88. The zero-order valence-corrected chi connectivity index (χ0v) is 12.8. The minimum Gasteiger partial charge on any atom is -0.459 e. The van der Waals surface area contributed by atoms with Crippen molar-refractivity contribution in [3.63, 3.8) is 0 Å². The van der Waals surface area contributed by atoms with Gasteiger partial charge in [-0.25, -0.2) is 0 Å². The normalized spacial score (nSPS) is 15.1. The van der Waals surface area contributed by atoms with Crippen LogP contribution in [0.2, 0.25) is 0 Å². The van der Waals surface area contributed by atoms with Crippen molar-refractivity contribution in [2.75, 3.05) is 31.1 Å². The molecule has 116 valence electrons. The number of benzene rings is 2. The Kier molecular flexibility index (Phi) is 3.50. The standard InChI is InChI=1S/C19H18N2O2/c22-19(18-9-4-14-23-18)21-12-10-20(11-13-21)17-8-3-6-15-5-1-2-7-16(15)17/h1-9,14H,10-13H2. The van der Waals surface area contributed by atoms with Gasteiger partial charge in [-0.3, -0.25) is 4.79 Å². The molecular weight excluding hydrogens is 288 g/mol. The highest BCUT2D eigenvalue weighted by Gasteiger charge is 2.24. The number of hydrogen-bond acceptors (Lipinski definition) is 3. The minimum atomic E-state index is -0.0208. The molecule has 1 aliphatic rings. The molecule has 2 heterocycles. The number of rotatable bonds is 2. The topological polar surface area (TPSA) is 36.7 Å². The Labute approximate surface area is 134 Å². The summed E-state index contributed by atoms with van der Waals surface area (Å²) in [6.45, 7) is 3.09. The third kappa shape index (κ3) is 2.57. The van der Waals surface area contributed by atoms with Crippen molar-refractivity contribution in [2.45, 2.75) is 0 Å². The summed E-state index contributed by atoms with van der Waals surface area (Å²) in [4.78, 5) is 16.5. The number of fused-ring (bicyclic) bond motifs is 1. The fourth-order valence-corrected chi connectivity index (χ4v) is 3.19. The molecule has 1 fully saturated rings. The van der Waals surface area contributed by atoms with Crippen LogP contribution in [0, 0.1) is 0 Å². The molecule has 1 aromatic heterocycles. The van der Waals surface area contributed by atoms with Crippen molar-refractivity contribution < 1.29 is 9.21 Å². The summed E-state index contributed by atoms with van der Waals surface area (Å²) in [6.07, 6.45) is 1.54. The summed E-state index contributed by atoms with van der Waals surface area (Å²) >= 11 is 0. The lowest BCUT2D eigenvalue weighted by atomic mass is 10.1. The van der Waals surface area contributed by atoms with Gasteiger partial charge in [0.2, 0.25) is 0 Å². The summed E-state index contributed by atoms with van der Waals surface area (Å²) in [7, 11) is 0. The van der Waals surface area contributed by atoms with Crippen molar-refractivity contribution >= 4 is 22.4 Å². The van der Waals surface area contributed by atoms with Crippen LogP contribution in [0.25, 0.3) is 10.8 Å². The first-order valence-electron chi connectivity index (χ1n) is 7.88. The molecular formula is C19H18N2O2. The van der Waals surface area contributed by atoms with Crippen LogP contribution in [0.3, 0.4) is 0 Å². The summed E-state index contributed by atoms with van der Waals surface area (Å²) in [5.41, 5.74) is 1.24. The van der Waals surface area contributed by atoms with E-state index in [-0.39, 0.29) is 5.91 Å². The van der Waals surface area contributed by atoms with Crippen LogP contribution in [0.15, 0.2) is 65.3 Å². The Morgan fingerprint density at radius 2 is 1.65 bits per heavy atom. The van der Waals surface area contributed by atoms with E-state index < -0.39 is 0 Å². The number of carbonyl (C=O) groups is 1. The van der Waals surface area contributed by atoms with E-state index in [2.05, 4.69) is 47.4 Å². The van der Waals surface area contributed by atoms with Crippen molar-refractivity contribution in [3.05, 3.63) is 66.6 Å². The third-order valence-corrected chi connectivity index (χ3v) is 4.41. The van der Waals surface area contributed by atoms with Gasteiger partial charge >= 0.3 is 0 Å². The smallest absolute Gasteiger partial charge is 0.289 e. The number of hydrogen-bond donors (Lipinski definition) is 0. The lowest BCUT2D eigenvalue weighted by Crippen LogP contribution is -2.48. The molecule has 0 aliphatic carbocycles. The molecule has 3 aromatic rings. The number of furan rings is 1. The Balaban J connectivity index is 1.52. The highest BCUT2D eigenvalue weighted by Crippen LogP contribution is 2.27. The predicted molar refractivity (Wildman–Crippen MR) is 90.8 cm³/mol. The number of piperazine rings is 1. The SMILES string of the molecule is O=C(c1ccco1)N1CCN(c2cccc3ccccc23)CC1. The average Bonchev–Trinajstić information content (AvgIpc) is 3.15. The zero-order chi connectivity index (χ0) is 15.6. The van der Waals surface area contributed by atoms with Crippen LogP contribution >= 0.6 is 0 Å². The van der Waals surface area contributed by atoms with Gasteiger partial charge in [-0.15, -0.1) is 0 Å². The van der Waals surface area contributed by atoms with E-state index >= 15 is 0 Å². The van der Waals surface area contributed by atoms with Gasteiger partial charge in [-0.1, -0.05) is 36.4 Å². The van der Waals surface area contributed by atoms with Crippen LogP contribution in [0.4, 0.5) is 5.69 Å². The Hall–Kier alpha value is -2.75. The summed E-state index contributed by atoms with van der Waals surface area (Å²) in [5, 5.41) is 2.51. The quantitative estimate of drug-likeness (QED) is 0.728. The molecule has 4 heteroatoms. The molecule has 0 atom stereocenters. The largest absolute Gasteiger partial charge is 0.459 e. The van der Waals surface area contributed by atoms with Crippen LogP contribution in [0.1, 0.15) is 10.6 Å². The van der Waals surface area contributed by atoms with Crippen LogP contribution in [0.5, 0.6) is 0 Å². The highest BCUT2D eigenvalue weighted by atomic mass is 16.3. The van der Waals surface area contributed by atoms with Crippen molar-refractivity contribution in [1.82, 2.24) is 4.90 Å². The third-order valence-electron chi connectivity index (χ3n) is 4.41. The second kappa shape index (κ2) is 5.80. The number of nitrogens with zero attached hydrogens (tertiary/aromatic N) is 2. The molecule has 23 heavy (non-hydrogen) atoms. The molecule has 0 N–H and O–H groups in total. The molecule has 0 saturated carbocycles. The molecule has 0 radical (unpaired) electrons. The van der Waals surface area contributed by atoms with E-state index in [1.54, 1.807) is 18.4 Å². The summed E-state index contributed by atoms with van der Waals surface area (Å²) in [5.74, 6) is 0.399. The first-order chi connectivity index (χ1) is 11.3. The van der Waals surface area contributed by atoms with Gasteiger partial charge in [-0.2, -0.15) is 0 Å². The second-order valence-electron chi connectivity index (χ2n) is 5.75. The number of anilines is 1. The Morgan fingerprint density at radius 1 is 0.870 bits per heavy atom. The molecule has 1 saturated heterocycles. The number of amides is 1. The number of carbonyl (C=O) groups excluding carboxylic acids is 1. The van der Waals surface area contributed by atoms with E-state index in [0.717, 1.165) is 13.1 Å². The highest BCUT2D eigenvalue weighted by molar-refractivity contribution is 5.95. The maximum absolute atomic E-state index is 12.3. The van der Waals surface area contributed by atoms with E-state index in [1.807, 2.05) is 4.90 Å². The second-order valence-corrected chi connectivity index (χ2v) is 5.75. The zero-order valence-electron chi connectivity index (χ0n) is 12.8. The fraction of sp³-hybridized carbons (Fsp3) is 0.211. The maximum atomic E-state index is 12.3. The molecule has 0 spiro atoms. The van der Waals surface area contributed by atoms with Gasteiger partial charge in [0.15, 0.2) is 5.76 Å². The average molecular weight is 306 g/mol. The van der Waals surface area contributed by atoms with Gasteiger partial charge < -0.3 is 14.2 Å². The molecule has 0 unspecified atom stereocenters. The summed E-state index contributed by atoms with van der Waals surface area (Å²) in [6, 6.07) is 18.3. The molecule has 1 amide bonds. The van der Waals surface area contributed by atoms with Crippen molar-refractivity contribution in [3.8, 4) is 0 Å².